The number of fused-ring (bicyclic) bond motifs is 5. The van der Waals surface area contributed by atoms with Crippen molar-refractivity contribution in [2.24, 2.45) is 23.7 Å². The molecule has 2 aromatic rings. The van der Waals surface area contributed by atoms with Gasteiger partial charge in [0.05, 0.1) is 31.3 Å². The predicted molar refractivity (Wildman–Crippen MR) is 176 cm³/mol. The molecular weight excluding hydrogens is 600 g/mol. The monoisotopic (exact) mass is 648 g/mol. The molecule has 2 bridgehead atoms. The van der Waals surface area contributed by atoms with E-state index in [0.717, 1.165) is 51.4 Å². The lowest BCUT2D eigenvalue weighted by Crippen LogP contribution is -2.55. The van der Waals surface area contributed by atoms with Crippen LogP contribution in [0.25, 0.3) is 17.1 Å². The summed E-state index contributed by atoms with van der Waals surface area (Å²) in [6.07, 6.45) is 10.5. The van der Waals surface area contributed by atoms with Crippen molar-refractivity contribution in [1.29, 1.82) is 0 Å². The minimum Gasteiger partial charge on any atom is -0.497 e. The molecule has 6 atom stereocenters. The first-order valence-corrected chi connectivity index (χ1v) is 17.4. The highest BCUT2D eigenvalue weighted by atomic mass is 16.6. The fourth-order valence-electron chi connectivity index (χ4n) is 7.36. The summed E-state index contributed by atoms with van der Waals surface area (Å²) in [7, 11) is 1.61. The fraction of sp³-hybridized carbons (Fsp3) is 0.639. The van der Waals surface area contributed by atoms with Gasteiger partial charge in [-0.15, -0.1) is 0 Å². The lowest BCUT2D eigenvalue weighted by Gasteiger charge is -2.32. The number of alkyl carbamates (subject to hydrolysis) is 1. The Hall–Kier alpha value is -3.89. The number of nitrogens with zero attached hydrogens (tertiary/aromatic N) is 3. The van der Waals surface area contributed by atoms with Crippen LogP contribution in [0.4, 0.5) is 4.79 Å². The van der Waals surface area contributed by atoms with E-state index in [-0.39, 0.29) is 42.9 Å². The van der Waals surface area contributed by atoms with Gasteiger partial charge >= 0.3 is 12.1 Å². The summed E-state index contributed by atoms with van der Waals surface area (Å²) in [6, 6.07) is 3.86. The van der Waals surface area contributed by atoms with Crippen LogP contribution in [0.3, 0.4) is 0 Å². The van der Waals surface area contributed by atoms with Gasteiger partial charge in [-0.25, -0.2) is 19.6 Å². The third-order valence-electron chi connectivity index (χ3n) is 10.0. The maximum Gasteiger partial charge on any atom is 0.408 e. The van der Waals surface area contributed by atoms with Crippen molar-refractivity contribution in [3.8, 4) is 11.6 Å². The molecular formula is C36H48N4O7. The molecule has 254 valence electrons. The van der Waals surface area contributed by atoms with Gasteiger partial charge in [-0.3, -0.25) is 4.79 Å². The van der Waals surface area contributed by atoms with Crippen LogP contribution in [0.15, 0.2) is 24.3 Å². The van der Waals surface area contributed by atoms with Gasteiger partial charge in [0.2, 0.25) is 11.8 Å². The Morgan fingerprint density at radius 2 is 1.83 bits per heavy atom. The van der Waals surface area contributed by atoms with Crippen LogP contribution in [-0.2, 0) is 19.1 Å². The molecule has 2 amide bonds. The number of carbonyl (C=O) groups is 3. The number of methoxy groups -OCH3 is 1. The van der Waals surface area contributed by atoms with E-state index >= 15 is 0 Å². The van der Waals surface area contributed by atoms with Crippen molar-refractivity contribution in [2.75, 3.05) is 20.3 Å². The van der Waals surface area contributed by atoms with Gasteiger partial charge in [-0.05, 0) is 80.9 Å². The third-order valence-corrected chi connectivity index (χ3v) is 10.0. The average Bonchev–Trinajstić information content (AvgIpc) is 3.40. The Morgan fingerprint density at radius 3 is 2.57 bits per heavy atom. The Morgan fingerprint density at radius 1 is 1.04 bits per heavy atom. The van der Waals surface area contributed by atoms with E-state index in [1.165, 1.54) is 0 Å². The van der Waals surface area contributed by atoms with Crippen molar-refractivity contribution in [3.05, 3.63) is 30.0 Å². The van der Waals surface area contributed by atoms with Gasteiger partial charge in [0.25, 0.3) is 0 Å². The normalized spacial score (nSPS) is 29.2. The number of carbonyl (C=O) groups excluding carboxylic acids is 3. The van der Waals surface area contributed by atoms with Gasteiger partial charge in [-0.2, -0.15) is 0 Å². The molecule has 0 spiro atoms. The summed E-state index contributed by atoms with van der Waals surface area (Å²) in [5, 5.41) is 2.95. The second-order valence-corrected chi connectivity index (χ2v) is 13.9. The largest absolute Gasteiger partial charge is 0.497 e. The number of hydrogen-bond acceptors (Lipinski definition) is 9. The van der Waals surface area contributed by atoms with E-state index in [4.69, 9.17) is 28.9 Å². The number of ether oxygens (including phenoxy) is 4. The van der Waals surface area contributed by atoms with E-state index in [1.54, 1.807) is 12.0 Å². The molecule has 2 aliphatic heterocycles. The molecule has 3 fully saturated rings. The van der Waals surface area contributed by atoms with Gasteiger partial charge < -0.3 is 29.2 Å². The van der Waals surface area contributed by atoms with Crippen molar-refractivity contribution in [1.82, 2.24) is 20.2 Å². The molecule has 11 nitrogen and oxygen atoms in total. The minimum atomic E-state index is -0.875. The number of aromatic nitrogens is 2. The number of benzene rings is 1. The average molecular weight is 649 g/mol. The zero-order valence-corrected chi connectivity index (χ0v) is 28.0. The second-order valence-electron chi connectivity index (χ2n) is 13.9. The highest BCUT2D eigenvalue weighted by molar-refractivity contribution is 5.91. The van der Waals surface area contributed by atoms with E-state index in [1.807, 2.05) is 45.0 Å². The quantitative estimate of drug-likeness (QED) is 0.393. The van der Waals surface area contributed by atoms with Crippen molar-refractivity contribution in [2.45, 2.75) is 103 Å². The molecule has 3 heterocycles. The molecule has 1 aromatic heterocycles. The van der Waals surface area contributed by atoms with Gasteiger partial charge in [-0.1, -0.05) is 39.7 Å². The molecule has 4 aliphatic rings. The van der Waals surface area contributed by atoms with Gasteiger partial charge in [0, 0.05) is 12.0 Å². The standard InChI is InChI=1S/C36H48N4O7/c1-5-25-30-19-40(32(25)35(42)45-20-21(2)3)34(41)31(22-11-9-10-12-22)39-36(43)47-29-17-23(29)13-7-6-8-14-27-33(46-30)38-28-18-24(44-4)15-16-26(28)37-27/h8,14-16,18,21-23,25,29-32H,5-7,9-13,17,19-20H2,1-4H3,(H,39,43)/b14-8+/t23-,25-,29-,30+,31+,32+/m1/s1. The maximum atomic E-state index is 14.6. The Bertz CT molecular complexity index is 1490. The molecule has 2 aliphatic carbocycles. The van der Waals surface area contributed by atoms with Crippen LogP contribution in [0.2, 0.25) is 0 Å². The first-order chi connectivity index (χ1) is 22.7. The van der Waals surface area contributed by atoms with E-state index < -0.39 is 30.3 Å². The molecule has 6 rings (SSSR count). The summed E-state index contributed by atoms with van der Waals surface area (Å²) < 4.78 is 23.7. The zero-order valence-electron chi connectivity index (χ0n) is 28.0. The fourth-order valence-corrected chi connectivity index (χ4v) is 7.36. The molecule has 2 saturated carbocycles. The van der Waals surface area contributed by atoms with E-state index in [9.17, 15) is 14.4 Å². The number of esters is 1. The van der Waals surface area contributed by atoms with Crippen LogP contribution >= 0.6 is 0 Å². The van der Waals surface area contributed by atoms with Crippen LogP contribution in [0.5, 0.6) is 11.6 Å². The van der Waals surface area contributed by atoms with Crippen molar-refractivity contribution in [3.63, 3.8) is 0 Å². The van der Waals surface area contributed by atoms with Crippen molar-refractivity contribution >= 4 is 35.1 Å². The highest BCUT2D eigenvalue weighted by Crippen LogP contribution is 2.39. The highest BCUT2D eigenvalue weighted by Gasteiger charge is 2.52. The molecule has 0 radical (unpaired) electrons. The summed E-state index contributed by atoms with van der Waals surface area (Å²) in [5.41, 5.74) is 1.92. The van der Waals surface area contributed by atoms with Crippen molar-refractivity contribution < 1.29 is 33.3 Å². The summed E-state index contributed by atoms with van der Waals surface area (Å²) in [6.45, 7) is 6.32. The molecule has 1 aromatic carbocycles. The summed E-state index contributed by atoms with van der Waals surface area (Å²) in [4.78, 5) is 52.9. The zero-order chi connectivity index (χ0) is 33.1. The van der Waals surface area contributed by atoms with Gasteiger partial charge in [0.1, 0.15) is 35.7 Å². The lowest BCUT2D eigenvalue weighted by atomic mass is 9.93. The molecule has 11 heteroatoms. The van der Waals surface area contributed by atoms with E-state index in [2.05, 4.69) is 11.4 Å². The van der Waals surface area contributed by atoms with Crippen LogP contribution in [-0.4, -0.2) is 77.4 Å². The van der Waals surface area contributed by atoms with Crippen LogP contribution in [0, 0.1) is 23.7 Å². The Kier molecular flexibility index (Phi) is 10.2. The molecule has 0 unspecified atom stereocenters. The van der Waals surface area contributed by atoms with Crippen LogP contribution < -0.4 is 14.8 Å². The predicted octanol–water partition coefficient (Wildman–Crippen LogP) is 5.69. The molecule has 1 saturated heterocycles. The summed E-state index contributed by atoms with van der Waals surface area (Å²) in [5.74, 6) is 0.269. The number of allylic oxidation sites excluding steroid dienone is 1. The molecule has 47 heavy (non-hydrogen) atoms. The first-order valence-electron chi connectivity index (χ1n) is 17.4. The minimum absolute atomic E-state index is 0.0406. The third kappa shape index (κ3) is 7.49. The van der Waals surface area contributed by atoms with Crippen LogP contribution in [0.1, 0.15) is 84.3 Å². The van der Waals surface area contributed by atoms with Gasteiger partial charge in [0.15, 0.2) is 0 Å². The maximum absolute atomic E-state index is 14.6. The van der Waals surface area contributed by atoms with E-state index in [0.29, 0.717) is 40.7 Å². The lowest BCUT2D eigenvalue weighted by molar-refractivity contribution is -0.156. The Balaban J connectivity index is 1.39. The second kappa shape index (κ2) is 14.5. The topological polar surface area (TPSA) is 129 Å². The Labute approximate surface area is 276 Å². The smallest absolute Gasteiger partial charge is 0.408 e. The number of hydrogen-bond donors (Lipinski definition) is 1. The number of rotatable bonds is 6. The SMILES string of the molecule is CC[C@@H]1[C@@H]2CN(C(=O)[C@H](C3CCCC3)NC(=O)O[C@@H]3C[C@H]3CCC/C=C/c3nc4ccc(OC)cc4nc3O2)[C@@H]1C(=O)OCC(C)C. The first kappa shape index (κ1) is 33.0. The molecule has 1 N–H and O–H groups in total. The number of nitrogens with one attached hydrogen (secondary N) is 1. The summed E-state index contributed by atoms with van der Waals surface area (Å²) >= 11 is 0. The number of amides is 2.